The molecule has 1 heterocycles. The van der Waals surface area contributed by atoms with E-state index in [1.165, 1.54) is 11.1 Å². The lowest BCUT2D eigenvalue weighted by Crippen LogP contribution is -1.99. The van der Waals surface area contributed by atoms with E-state index in [0.29, 0.717) is 27.0 Å². The molecular weight excluding hydrogens is 323 g/mol. The molecule has 0 unspecified atom stereocenters. The minimum Gasteiger partial charge on any atom is -0.220 e. The van der Waals surface area contributed by atoms with Crippen molar-refractivity contribution in [3.63, 3.8) is 0 Å². The van der Waals surface area contributed by atoms with E-state index in [9.17, 15) is 0 Å². The Morgan fingerprint density at radius 1 is 1.12 bits per heavy atom. The van der Waals surface area contributed by atoms with Crippen molar-refractivity contribution in [2.75, 3.05) is 0 Å². The molecule has 2 nitrogen and oxygen atoms in total. The quantitative estimate of drug-likeness (QED) is 0.760. The molecule has 1 aromatic heterocycles. The molecule has 2 aromatic rings. The first-order chi connectivity index (χ1) is 8.08. The third kappa shape index (κ3) is 2.97. The van der Waals surface area contributed by atoms with Crippen LogP contribution in [-0.2, 0) is 6.42 Å². The maximum Gasteiger partial charge on any atom is 0.148 e. The normalized spacial score (nSPS) is 10.6. The maximum absolute atomic E-state index is 5.94. The van der Waals surface area contributed by atoms with Crippen LogP contribution in [0.5, 0.6) is 0 Å². The van der Waals surface area contributed by atoms with E-state index in [2.05, 4.69) is 38.9 Å². The molecule has 0 spiro atoms. The Balaban J connectivity index is 2.34. The summed E-state index contributed by atoms with van der Waals surface area (Å²) in [5, 5.41) is 0.683. The molecule has 0 amide bonds. The number of hydrogen-bond donors (Lipinski definition) is 0. The third-order valence-corrected chi connectivity index (χ3v) is 4.18. The first kappa shape index (κ1) is 12.8. The van der Waals surface area contributed by atoms with Gasteiger partial charge in [-0.2, -0.15) is 0 Å². The largest absolute Gasteiger partial charge is 0.220 e. The molecule has 1 aromatic carbocycles. The predicted octanol–water partition coefficient (Wildman–Crippen LogP) is 4.45. The third-order valence-electron chi connectivity index (χ3n) is 2.43. The molecule has 0 aliphatic rings. The fourth-order valence-corrected chi connectivity index (χ4v) is 2.09. The summed E-state index contributed by atoms with van der Waals surface area (Å²) in [5.41, 5.74) is 2.37. The van der Waals surface area contributed by atoms with E-state index in [0.717, 1.165) is 0 Å². The Morgan fingerprint density at radius 2 is 1.71 bits per heavy atom. The van der Waals surface area contributed by atoms with Gasteiger partial charge in [0.15, 0.2) is 0 Å². The van der Waals surface area contributed by atoms with Gasteiger partial charge in [-0.3, -0.25) is 0 Å². The van der Waals surface area contributed by atoms with Crippen molar-refractivity contribution in [3.05, 3.63) is 56.0 Å². The smallest absolute Gasteiger partial charge is 0.148 e. The lowest BCUT2D eigenvalue weighted by molar-refractivity contribution is 0.956. The van der Waals surface area contributed by atoms with Crippen LogP contribution in [0.4, 0.5) is 0 Å². The number of hydrogen-bond acceptors (Lipinski definition) is 2. The second-order valence-electron chi connectivity index (χ2n) is 3.64. The highest BCUT2D eigenvalue weighted by atomic mass is 79.9. The molecule has 0 atom stereocenters. The number of aromatic nitrogens is 2. The summed E-state index contributed by atoms with van der Waals surface area (Å²) < 4.78 is 0.536. The van der Waals surface area contributed by atoms with Crippen LogP contribution in [0.15, 0.2) is 28.7 Å². The molecule has 0 saturated carbocycles. The molecule has 0 fully saturated rings. The number of rotatable bonds is 2. The summed E-state index contributed by atoms with van der Waals surface area (Å²) in [5.74, 6) is 0.623. The van der Waals surface area contributed by atoms with E-state index in [1.54, 1.807) is 0 Å². The molecule has 2 rings (SSSR count). The van der Waals surface area contributed by atoms with Gasteiger partial charge in [-0.25, -0.2) is 9.97 Å². The minimum absolute atomic E-state index is 0.341. The molecule has 17 heavy (non-hydrogen) atoms. The summed E-state index contributed by atoms with van der Waals surface area (Å²) in [6.45, 7) is 2.05. The van der Waals surface area contributed by atoms with Gasteiger partial charge in [0.2, 0.25) is 0 Å². The number of nitrogens with zero attached hydrogens (tertiary/aromatic N) is 2. The van der Waals surface area contributed by atoms with Crippen molar-refractivity contribution >= 4 is 39.1 Å². The maximum atomic E-state index is 5.94. The number of halogens is 3. The summed E-state index contributed by atoms with van der Waals surface area (Å²) in [6, 6.07) is 8.09. The average Bonchev–Trinajstić information content (AvgIpc) is 2.29. The summed E-state index contributed by atoms with van der Waals surface area (Å²) >= 11 is 15.1. The molecule has 88 valence electrons. The van der Waals surface area contributed by atoms with Gasteiger partial charge in [0.05, 0.1) is 4.47 Å². The highest BCUT2D eigenvalue weighted by molar-refractivity contribution is 9.10. The van der Waals surface area contributed by atoms with Gasteiger partial charge in [-0.15, -0.1) is 0 Å². The van der Waals surface area contributed by atoms with Gasteiger partial charge in [0.25, 0.3) is 0 Å². The lowest BCUT2D eigenvalue weighted by atomic mass is 10.1. The van der Waals surface area contributed by atoms with Gasteiger partial charge in [0.1, 0.15) is 16.1 Å². The topological polar surface area (TPSA) is 25.8 Å². The fraction of sp³-hybridized carbons (Fsp3) is 0.167. The Labute approximate surface area is 118 Å². The highest BCUT2D eigenvalue weighted by Gasteiger charge is 2.10. The molecule has 0 aliphatic carbocycles. The number of aryl methyl sites for hydroxylation is 1. The monoisotopic (exact) mass is 330 g/mol. The molecular formula is C12H9BrCl2N2. The molecule has 0 aliphatic heterocycles. The summed E-state index contributed by atoms with van der Waals surface area (Å²) in [4.78, 5) is 8.39. The van der Waals surface area contributed by atoms with Crippen molar-refractivity contribution < 1.29 is 0 Å². The first-order valence-corrected chi connectivity index (χ1v) is 6.54. The second-order valence-corrected chi connectivity index (χ2v) is 5.15. The van der Waals surface area contributed by atoms with Gasteiger partial charge in [-0.1, -0.05) is 47.5 Å². The lowest BCUT2D eigenvalue weighted by Gasteiger charge is -2.06. The summed E-state index contributed by atoms with van der Waals surface area (Å²) in [6.07, 6.45) is 0.624. The van der Waals surface area contributed by atoms with E-state index in [4.69, 9.17) is 23.2 Å². The Kier molecular flexibility index (Phi) is 4.02. The van der Waals surface area contributed by atoms with Crippen LogP contribution < -0.4 is 0 Å². The van der Waals surface area contributed by atoms with E-state index in [-0.39, 0.29) is 0 Å². The van der Waals surface area contributed by atoms with Crippen molar-refractivity contribution in [3.8, 4) is 0 Å². The molecule has 0 bridgehead atoms. The Morgan fingerprint density at radius 3 is 2.29 bits per heavy atom. The molecule has 0 N–H and O–H groups in total. The van der Waals surface area contributed by atoms with E-state index < -0.39 is 0 Å². The summed E-state index contributed by atoms with van der Waals surface area (Å²) in [7, 11) is 0. The zero-order valence-corrected chi connectivity index (χ0v) is 12.1. The standard InChI is InChI=1S/C12H9BrCl2N2/c1-7-4-2-3-5-8(7)6-9-16-11(14)10(13)12(15)17-9/h2-5H,6H2,1H3. The number of benzene rings is 1. The average molecular weight is 332 g/mol. The zero-order valence-electron chi connectivity index (χ0n) is 9.04. The van der Waals surface area contributed by atoms with Crippen LogP contribution >= 0.6 is 39.1 Å². The van der Waals surface area contributed by atoms with Crippen LogP contribution in [0, 0.1) is 6.92 Å². The molecule has 0 saturated heterocycles. The van der Waals surface area contributed by atoms with Crippen LogP contribution in [0.1, 0.15) is 17.0 Å². The van der Waals surface area contributed by atoms with Crippen molar-refractivity contribution in [2.45, 2.75) is 13.3 Å². The fourth-order valence-electron chi connectivity index (χ4n) is 1.49. The van der Waals surface area contributed by atoms with E-state index in [1.807, 2.05) is 18.2 Å². The van der Waals surface area contributed by atoms with Crippen LogP contribution in [-0.4, -0.2) is 9.97 Å². The predicted molar refractivity (Wildman–Crippen MR) is 73.7 cm³/mol. The zero-order chi connectivity index (χ0) is 12.4. The van der Waals surface area contributed by atoms with E-state index >= 15 is 0 Å². The Hall–Kier alpha value is -0.640. The van der Waals surface area contributed by atoms with Gasteiger partial charge < -0.3 is 0 Å². The van der Waals surface area contributed by atoms with Crippen LogP contribution in [0.2, 0.25) is 10.3 Å². The minimum atomic E-state index is 0.341. The van der Waals surface area contributed by atoms with Crippen molar-refractivity contribution in [2.24, 2.45) is 0 Å². The van der Waals surface area contributed by atoms with Crippen molar-refractivity contribution in [1.29, 1.82) is 0 Å². The van der Waals surface area contributed by atoms with Crippen molar-refractivity contribution in [1.82, 2.24) is 9.97 Å². The van der Waals surface area contributed by atoms with Gasteiger partial charge in [-0.05, 0) is 34.0 Å². The second kappa shape index (κ2) is 5.34. The molecule has 5 heteroatoms. The molecule has 0 radical (unpaired) electrons. The highest BCUT2D eigenvalue weighted by Crippen LogP contribution is 2.27. The van der Waals surface area contributed by atoms with Gasteiger partial charge in [0, 0.05) is 6.42 Å². The van der Waals surface area contributed by atoms with Crippen LogP contribution in [0.3, 0.4) is 0 Å². The Bertz CT molecular complexity index is 535. The van der Waals surface area contributed by atoms with Gasteiger partial charge >= 0.3 is 0 Å². The SMILES string of the molecule is Cc1ccccc1Cc1nc(Cl)c(Br)c(Cl)n1. The first-order valence-electron chi connectivity index (χ1n) is 5.00. The van der Waals surface area contributed by atoms with Crippen LogP contribution in [0.25, 0.3) is 0 Å².